The van der Waals surface area contributed by atoms with Gasteiger partial charge in [0, 0.05) is 24.8 Å². The first-order valence-corrected chi connectivity index (χ1v) is 8.22. The van der Waals surface area contributed by atoms with Crippen molar-refractivity contribution >= 4 is 15.8 Å². The van der Waals surface area contributed by atoms with Gasteiger partial charge in [-0.05, 0) is 26.7 Å². The lowest BCUT2D eigenvalue weighted by Crippen LogP contribution is -2.27. The maximum absolute atomic E-state index is 11.4. The SMILES string of the molecule is CCS(=O)(=O)NCc1nc(C)cc(N2CCCC2)n1. The molecule has 2 heterocycles. The molecule has 1 saturated heterocycles. The van der Waals surface area contributed by atoms with Gasteiger partial charge in [0.05, 0.1) is 12.3 Å². The lowest BCUT2D eigenvalue weighted by atomic mass is 10.4. The van der Waals surface area contributed by atoms with Gasteiger partial charge in [0.1, 0.15) is 11.6 Å². The summed E-state index contributed by atoms with van der Waals surface area (Å²) in [5, 5.41) is 0. The zero-order valence-corrected chi connectivity index (χ0v) is 12.2. The van der Waals surface area contributed by atoms with Crippen molar-refractivity contribution in [2.45, 2.75) is 33.2 Å². The van der Waals surface area contributed by atoms with E-state index in [1.807, 2.05) is 13.0 Å². The second kappa shape index (κ2) is 5.83. The standard InChI is InChI=1S/C12H20N4O2S/c1-3-19(17,18)13-9-11-14-10(2)8-12(15-11)16-6-4-5-7-16/h8,13H,3-7,9H2,1-2H3. The van der Waals surface area contributed by atoms with E-state index >= 15 is 0 Å². The smallest absolute Gasteiger partial charge is 0.211 e. The molecule has 1 aliphatic heterocycles. The van der Waals surface area contributed by atoms with Crippen molar-refractivity contribution in [3.8, 4) is 0 Å². The fourth-order valence-electron chi connectivity index (χ4n) is 2.08. The van der Waals surface area contributed by atoms with Crippen LogP contribution in [-0.2, 0) is 16.6 Å². The summed E-state index contributed by atoms with van der Waals surface area (Å²) < 4.78 is 25.3. The van der Waals surface area contributed by atoms with Crippen molar-refractivity contribution < 1.29 is 8.42 Å². The molecule has 1 N–H and O–H groups in total. The van der Waals surface area contributed by atoms with Crippen LogP contribution in [0.15, 0.2) is 6.07 Å². The van der Waals surface area contributed by atoms with Crippen LogP contribution in [0.1, 0.15) is 31.3 Å². The van der Waals surface area contributed by atoms with Gasteiger partial charge in [-0.25, -0.2) is 23.1 Å². The average Bonchev–Trinajstić information content (AvgIpc) is 2.90. The van der Waals surface area contributed by atoms with Gasteiger partial charge >= 0.3 is 0 Å². The van der Waals surface area contributed by atoms with Gasteiger partial charge in [0.15, 0.2) is 0 Å². The minimum Gasteiger partial charge on any atom is -0.357 e. The van der Waals surface area contributed by atoms with E-state index < -0.39 is 10.0 Å². The highest BCUT2D eigenvalue weighted by atomic mass is 32.2. The van der Waals surface area contributed by atoms with Gasteiger partial charge in [-0.2, -0.15) is 0 Å². The normalized spacial score (nSPS) is 16.0. The number of rotatable bonds is 5. The molecule has 1 aromatic heterocycles. The van der Waals surface area contributed by atoms with Crippen molar-refractivity contribution in [2.75, 3.05) is 23.7 Å². The fourth-order valence-corrected chi connectivity index (χ4v) is 2.63. The molecule has 0 atom stereocenters. The first kappa shape index (κ1) is 14.2. The van der Waals surface area contributed by atoms with Gasteiger partial charge < -0.3 is 4.90 Å². The van der Waals surface area contributed by atoms with Crippen LogP contribution in [0.3, 0.4) is 0 Å². The highest BCUT2D eigenvalue weighted by Crippen LogP contribution is 2.18. The molecule has 0 bridgehead atoms. The van der Waals surface area contributed by atoms with Crippen LogP contribution >= 0.6 is 0 Å². The number of hydrogen-bond acceptors (Lipinski definition) is 5. The minimum absolute atomic E-state index is 0.0673. The first-order valence-electron chi connectivity index (χ1n) is 6.57. The zero-order valence-electron chi connectivity index (χ0n) is 11.4. The minimum atomic E-state index is -3.21. The number of anilines is 1. The summed E-state index contributed by atoms with van der Waals surface area (Å²) >= 11 is 0. The predicted octanol–water partition coefficient (Wildman–Crippen LogP) is 0.825. The van der Waals surface area contributed by atoms with E-state index in [0.717, 1.165) is 24.6 Å². The molecule has 0 aromatic carbocycles. The van der Waals surface area contributed by atoms with Crippen LogP contribution in [0.5, 0.6) is 0 Å². The van der Waals surface area contributed by atoms with Gasteiger partial charge in [0.25, 0.3) is 0 Å². The zero-order chi connectivity index (χ0) is 13.9. The molecule has 1 aliphatic rings. The fraction of sp³-hybridized carbons (Fsp3) is 0.667. The molecular weight excluding hydrogens is 264 g/mol. The maximum Gasteiger partial charge on any atom is 0.211 e. The molecule has 6 nitrogen and oxygen atoms in total. The van der Waals surface area contributed by atoms with Crippen molar-refractivity contribution in [2.24, 2.45) is 0 Å². The lowest BCUT2D eigenvalue weighted by molar-refractivity contribution is 0.580. The van der Waals surface area contributed by atoms with E-state index in [9.17, 15) is 8.42 Å². The molecule has 0 radical (unpaired) electrons. The summed E-state index contributed by atoms with van der Waals surface area (Å²) in [6.07, 6.45) is 2.36. The number of aromatic nitrogens is 2. The van der Waals surface area contributed by atoms with E-state index in [2.05, 4.69) is 19.6 Å². The Morgan fingerprint density at radius 2 is 2.00 bits per heavy atom. The van der Waals surface area contributed by atoms with E-state index in [-0.39, 0.29) is 12.3 Å². The highest BCUT2D eigenvalue weighted by molar-refractivity contribution is 7.89. The van der Waals surface area contributed by atoms with Crippen molar-refractivity contribution in [3.63, 3.8) is 0 Å². The van der Waals surface area contributed by atoms with E-state index in [4.69, 9.17) is 0 Å². The average molecular weight is 284 g/mol. The summed E-state index contributed by atoms with van der Waals surface area (Å²) in [6.45, 7) is 5.68. The Hall–Kier alpha value is -1.21. The van der Waals surface area contributed by atoms with Gasteiger partial charge in [-0.15, -0.1) is 0 Å². The topological polar surface area (TPSA) is 75.2 Å². The Labute approximate surface area is 114 Å². The van der Waals surface area contributed by atoms with E-state index in [1.165, 1.54) is 12.8 Å². The summed E-state index contributed by atoms with van der Waals surface area (Å²) in [7, 11) is -3.21. The second-order valence-corrected chi connectivity index (χ2v) is 6.80. The van der Waals surface area contributed by atoms with Crippen LogP contribution in [-0.4, -0.2) is 37.2 Å². The molecule has 0 aliphatic carbocycles. The van der Waals surface area contributed by atoms with Crippen LogP contribution in [0.2, 0.25) is 0 Å². The van der Waals surface area contributed by atoms with Crippen molar-refractivity contribution in [3.05, 3.63) is 17.6 Å². The van der Waals surface area contributed by atoms with Crippen LogP contribution in [0, 0.1) is 6.92 Å². The molecule has 7 heteroatoms. The largest absolute Gasteiger partial charge is 0.357 e. The third-order valence-corrected chi connectivity index (χ3v) is 4.49. The Morgan fingerprint density at radius 3 is 2.63 bits per heavy atom. The number of nitrogens with zero attached hydrogens (tertiary/aromatic N) is 3. The van der Waals surface area contributed by atoms with E-state index in [1.54, 1.807) is 6.92 Å². The predicted molar refractivity (Wildman–Crippen MR) is 74.5 cm³/mol. The Morgan fingerprint density at radius 1 is 1.32 bits per heavy atom. The Kier molecular flexibility index (Phi) is 4.36. The molecule has 1 fully saturated rings. The molecule has 0 unspecified atom stereocenters. The number of nitrogens with one attached hydrogen (secondary N) is 1. The van der Waals surface area contributed by atoms with Crippen molar-refractivity contribution in [1.82, 2.24) is 14.7 Å². The molecule has 0 saturated carbocycles. The lowest BCUT2D eigenvalue weighted by Gasteiger charge is -2.17. The van der Waals surface area contributed by atoms with Gasteiger partial charge in [0.2, 0.25) is 10.0 Å². The quantitative estimate of drug-likeness (QED) is 0.866. The third kappa shape index (κ3) is 3.87. The molecule has 0 spiro atoms. The Bertz CT molecular complexity index is 539. The van der Waals surface area contributed by atoms with Gasteiger partial charge in [-0.3, -0.25) is 0 Å². The number of hydrogen-bond donors (Lipinski definition) is 1. The van der Waals surface area contributed by atoms with E-state index in [0.29, 0.717) is 5.82 Å². The second-order valence-electron chi connectivity index (χ2n) is 4.70. The van der Waals surface area contributed by atoms with Crippen molar-refractivity contribution in [1.29, 1.82) is 0 Å². The number of sulfonamides is 1. The molecule has 19 heavy (non-hydrogen) atoms. The molecule has 0 amide bonds. The third-order valence-electron chi connectivity index (χ3n) is 3.15. The maximum atomic E-state index is 11.4. The molecule has 106 valence electrons. The first-order chi connectivity index (χ1) is 9.00. The monoisotopic (exact) mass is 284 g/mol. The summed E-state index contributed by atoms with van der Waals surface area (Å²) in [5.74, 6) is 1.49. The molecular formula is C12H20N4O2S. The highest BCUT2D eigenvalue weighted by Gasteiger charge is 2.15. The molecule has 2 rings (SSSR count). The Balaban J connectivity index is 2.12. The van der Waals surface area contributed by atoms with Crippen LogP contribution in [0.25, 0.3) is 0 Å². The van der Waals surface area contributed by atoms with Gasteiger partial charge in [-0.1, -0.05) is 0 Å². The summed E-state index contributed by atoms with van der Waals surface area (Å²) in [6, 6.07) is 1.95. The van der Waals surface area contributed by atoms with Crippen LogP contribution in [0.4, 0.5) is 5.82 Å². The number of aryl methyl sites for hydroxylation is 1. The summed E-state index contributed by atoms with van der Waals surface area (Å²) in [4.78, 5) is 10.9. The van der Waals surface area contributed by atoms with Crippen LogP contribution < -0.4 is 9.62 Å². The summed E-state index contributed by atoms with van der Waals surface area (Å²) in [5.41, 5.74) is 0.864. The molecule has 1 aromatic rings.